The number of hydrogen-bond donors (Lipinski definition) is 1. The van der Waals surface area contributed by atoms with Crippen LogP contribution >= 0.6 is 0 Å². The Morgan fingerprint density at radius 3 is 2.72 bits per heavy atom. The highest BCUT2D eigenvalue weighted by molar-refractivity contribution is 5.93. The van der Waals surface area contributed by atoms with Crippen LogP contribution in [0.15, 0.2) is 16.9 Å². The van der Waals surface area contributed by atoms with Crippen molar-refractivity contribution in [3.8, 4) is 5.88 Å². The number of halogens is 3. The second-order valence-corrected chi connectivity index (χ2v) is 3.73. The first-order valence-electron chi connectivity index (χ1n) is 5.09. The van der Waals surface area contributed by atoms with Crippen LogP contribution in [-0.2, 0) is 6.54 Å². The van der Waals surface area contributed by atoms with E-state index in [2.05, 4.69) is 10.1 Å². The summed E-state index contributed by atoms with van der Waals surface area (Å²) in [7, 11) is 0. The first kappa shape index (κ1) is 12.5. The Hall–Kier alpha value is -1.99. The average molecular weight is 262 g/mol. The molecule has 1 aliphatic heterocycles. The molecule has 0 bridgehead atoms. The Balaban J connectivity index is 2.36. The van der Waals surface area contributed by atoms with Crippen molar-refractivity contribution in [2.75, 3.05) is 13.2 Å². The molecule has 0 aliphatic carbocycles. The Labute approximate surface area is 99.2 Å². The summed E-state index contributed by atoms with van der Waals surface area (Å²) in [4.78, 5) is 22.7. The fourth-order valence-electron chi connectivity index (χ4n) is 1.64. The van der Waals surface area contributed by atoms with Crippen LogP contribution in [0.4, 0.5) is 13.2 Å². The molecule has 1 N–H and O–H groups in total. The molecule has 2 rings (SSSR count). The lowest BCUT2D eigenvalue weighted by Gasteiger charge is -2.22. The van der Waals surface area contributed by atoms with Gasteiger partial charge in [0.1, 0.15) is 5.69 Å². The van der Waals surface area contributed by atoms with Gasteiger partial charge in [-0.1, -0.05) is 0 Å². The number of alkyl halides is 3. The molecule has 0 radical (unpaired) electrons. The fourth-order valence-corrected chi connectivity index (χ4v) is 1.64. The number of carbonyl (C=O) groups excluding carboxylic acids is 1. The van der Waals surface area contributed by atoms with Gasteiger partial charge in [-0.25, -0.2) is 0 Å². The van der Waals surface area contributed by atoms with E-state index in [9.17, 15) is 22.8 Å². The van der Waals surface area contributed by atoms with Crippen molar-refractivity contribution in [2.24, 2.45) is 0 Å². The van der Waals surface area contributed by atoms with Gasteiger partial charge >= 0.3 is 6.18 Å². The first-order valence-corrected chi connectivity index (χ1v) is 5.09. The molecule has 98 valence electrons. The molecule has 0 saturated heterocycles. The highest BCUT2D eigenvalue weighted by Crippen LogP contribution is 2.19. The van der Waals surface area contributed by atoms with E-state index in [0.717, 1.165) is 12.1 Å². The monoisotopic (exact) mass is 262 g/mol. The number of carbonyl (C=O) groups is 1. The van der Waals surface area contributed by atoms with E-state index in [0.29, 0.717) is 0 Å². The van der Waals surface area contributed by atoms with Crippen molar-refractivity contribution < 1.29 is 22.7 Å². The molecular weight excluding hydrogens is 253 g/mol. The van der Waals surface area contributed by atoms with Crippen molar-refractivity contribution in [1.82, 2.24) is 9.88 Å². The molecule has 1 aliphatic rings. The number of pyridine rings is 1. The Kier molecular flexibility index (Phi) is 3.02. The molecule has 1 aromatic heterocycles. The fraction of sp³-hybridized carbons (Fsp3) is 0.400. The third kappa shape index (κ3) is 2.63. The van der Waals surface area contributed by atoms with Gasteiger partial charge in [0, 0.05) is 25.2 Å². The van der Waals surface area contributed by atoms with Crippen LogP contribution in [0.2, 0.25) is 0 Å². The Bertz CT molecular complexity index is 536. The van der Waals surface area contributed by atoms with E-state index in [1.165, 1.54) is 4.57 Å². The smallest absolute Gasteiger partial charge is 0.422 e. The van der Waals surface area contributed by atoms with Gasteiger partial charge in [-0.3, -0.25) is 9.59 Å². The highest BCUT2D eigenvalue weighted by Gasteiger charge is 2.29. The zero-order chi connectivity index (χ0) is 13.3. The van der Waals surface area contributed by atoms with Crippen LogP contribution < -0.4 is 15.5 Å². The van der Waals surface area contributed by atoms with Crippen molar-refractivity contribution in [1.29, 1.82) is 0 Å². The molecule has 0 aromatic carbocycles. The van der Waals surface area contributed by atoms with E-state index >= 15 is 0 Å². The molecular formula is C10H9F3N2O3. The Morgan fingerprint density at radius 1 is 1.33 bits per heavy atom. The summed E-state index contributed by atoms with van der Waals surface area (Å²) >= 11 is 0. The van der Waals surface area contributed by atoms with Gasteiger partial charge < -0.3 is 14.6 Å². The normalized spacial score (nSPS) is 14.9. The van der Waals surface area contributed by atoms with Crippen LogP contribution in [0.3, 0.4) is 0 Å². The SMILES string of the molecule is O=C1NCCn2c(OCC(F)(F)F)cc(=O)cc21. The summed E-state index contributed by atoms with van der Waals surface area (Å²) in [6.07, 6.45) is -4.50. The molecule has 0 fully saturated rings. The maximum atomic E-state index is 12.1. The van der Waals surface area contributed by atoms with Crippen LogP contribution in [-0.4, -0.2) is 29.8 Å². The summed E-state index contributed by atoms with van der Waals surface area (Å²) in [5.41, 5.74) is -0.568. The Morgan fingerprint density at radius 2 is 2.06 bits per heavy atom. The summed E-state index contributed by atoms with van der Waals surface area (Å²) < 4.78 is 42.0. The van der Waals surface area contributed by atoms with Gasteiger partial charge in [-0.05, 0) is 0 Å². The van der Waals surface area contributed by atoms with E-state index < -0.39 is 24.1 Å². The highest BCUT2D eigenvalue weighted by atomic mass is 19.4. The molecule has 1 aromatic rings. The number of fused-ring (bicyclic) bond motifs is 1. The standard InChI is InChI=1S/C10H9F3N2O3/c11-10(12,13)5-18-8-4-6(16)3-7-9(17)14-1-2-15(7)8/h3-4H,1-2,5H2,(H,14,17). The molecule has 5 nitrogen and oxygen atoms in total. The van der Waals surface area contributed by atoms with E-state index in [1.54, 1.807) is 0 Å². The lowest BCUT2D eigenvalue weighted by Crippen LogP contribution is -2.38. The summed E-state index contributed by atoms with van der Waals surface area (Å²) in [5.74, 6) is -0.750. The molecule has 8 heteroatoms. The van der Waals surface area contributed by atoms with Gasteiger partial charge in [0.25, 0.3) is 5.91 Å². The summed E-state index contributed by atoms with van der Waals surface area (Å²) in [6.45, 7) is -0.969. The van der Waals surface area contributed by atoms with E-state index in [-0.39, 0.29) is 24.7 Å². The maximum absolute atomic E-state index is 12.1. The number of rotatable bonds is 2. The molecule has 18 heavy (non-hydrogen) atoms. The molecule has 1 amide bonds. The zero-order valence-electron chi connectivity index (χ0n) is 9.08. The van der Waals surface area contributed by atoms with Gasteiger partial charge in [0.15, 0.2) is 17.9 Å². The third-order valence-electron chi connectivity index (χ3n) is 2.34. The first-order chi connectivity index (χ1) is 8.37. The maximum Gasteiger partial charge on any atom is 0.422 e. The number of amides is 1. The summed E-state index contributed by atoms with van der Waals surface area (Å²) in [5, 5.41) is 2.49. The van der Waals surface area contributed by atoms with Crippen LogP contribution in [0.5, 0.6) is 5.88 Å². The van der Waals surface area contributed by atoms with Crippen molar-refractivity contribution in [3.63, 3.8) is 0 Å². The topological polar surface area (TPSA) is 60.3 Å². The quantitative estimate of drug-likeness (QED) is 0.845. The lowest BCUT2D eigenvalue weighted by atomic mass is 10.2. The number of ether oxygens (including phenoxy) is 1. The van der Waals surface area contributed by atoms with Gasteiger partial charge in [-0.2, -0.15) is 13.2 Å². The average Bonchev–Trinajstić information content (AvgIpc) is 2.26. The number of nitrogens with zero attached hydrogens (tertiary/aromatic N) is 1. The predicted molar refractivity (Wildman–Crippen MR) is 54.6 cm³/mol. The molecule has 0 spiro atoms. The van der Waals surface area contributed by atoms with Crippen LogP contribution in [0.1, 0.15) is 10.5 Å². The molecule has 2 heterocycles. The second-order valence-electron chi connectivity index (χ2n) is 3.73. The number of hydrogen-bond acceptors (Lipinski definition) is 3. The minimum atomic E-state index is -4.50. The number of nitrogens with one attached hydrogen (secondary N) is 1. The molecule has 0 unspecified atom stereocenters. The van der Waals surface area contributed by atoms with Crippen molar-refractivity contribution in [3.05, 3.63) is 28.0 Å². The van der Waals surface area contributed by atoms with Gasteiger partial charge in [-0.15, -0.1) is 0 Å². The van der Waals surface area contributed by atoms with Gasteiger partial charge in [0.2, 0.25) is 0 Å². The molecule has 0 atom stereocenters. The summed E-state index contributed by atoms with van der Waals surface area (Å²) in [6, 6.07) is 2.00. The van der Waals surface area contributed by atoms with E-state index in [1.807, 2.05) is 0 Å². The van der Waals surface area contributed by atoms with E-state index in [4.69, 9.17) is 0 Å². The van der Waals surface area contributed by atoms with Crippen molar-refractivity contribution in [2.45, 2.75) is 12.7 Å². The lowest BCUT2D eigenvalue weighted by molar-refractivity contribution is -0.154. The van der Waals surface area contributed by atoms with Crippen LogP contribution in [0, 0.1) is 0 Å². The minimum absolute atomic E-state index is 0.00549. The molecule has 0 saturated carbocycles. The number of aromatic nitrogens is 1. The predicted octanol–water partition coefficient (Wildman–Crippen LogP) is 0.533. The largest absolute Gasteiger partial charge is 0.469 e. The minimum Gasteiger partial charge on any atom is -0.469 e. The second kappa shape index (κ2) is 4.35. The zero-order valence-corrected chi connectivity index (χ0v) is 9.08. The van der Waals surface area contributed by atoms with Crippen molar-refractivity contribution >= 4 is 5.91 Å². The third-order valence-corrected chi connectivity index (χ3v) is 2.34. The van der Waals surface area contributed by atoms with Crippen LogP contribution in [0.25, 0.3) is 0 Å². The van der Waals surface area contributed by atoms with Gasteiger partial charge in [0.05, 0.1) is 0 Å².